The number of ether oxygens (including phenoxy) is 20. The quantitative estimate of drug-likeness (QED) is 0.0195. The van der Waals surface area contributed by atoms with E-state index in [2.05, 4.69) is 0 Å². The van der Waals surface area contributed by atoms with Crippen LogP contribution < -0.4 is 0 Å². The molecular formula is C105H114O27. The highest BCUT2D eigenvalue weighted by atomic mass is 16.8. The molecule has 6 aliphatic rings. The summed E-state index contributed by atoms with van der Waals surface area (Å²) < 4.78 is 132. The monoisotopic (exact) mass is 1810 g/mol. The topological polar surface area (TPSA) is 304 Å². The van der Waals surface area contributed by atoms with Crippen LogP contribution in [0.5, 0.6) is 0 Å². The second kappa shape index (κ2) is 45.2. The summed E-state index contributed by atoms with van der Waals surface area (Å²) in [6, 6.07) is 75.8. The van der Waals surface area contributed by atoms with Crippen molar-refractivity contribution in [2.45, 2.75) is 217 Å². The van der Waals surface area contributed by atoms with Gasteiger partial charge in [0.15, 0.2) is 49.6 Å². The first-order valence-corrected chi connectivity index (χ1v) is 45.2. The molecule has 0 unspecified atom stereocenters. The number of fused-ring (bicyclic) bond motifs is 6. The number of carbonyl (C=O) groups is 7. The smallest absolute Gasteiger partial charge is 0.469 e. The molecule has 16 atom stereocenters. The van der Waals surface area contributed by atoms with Crippen LogP contribution in [0.25, 0.3) is 22.3 Å². The Balaban J connectivity index is 0.801. The molecule has 0 saturated carbocycles. The number of carbonyl (C=O) groups excluding carboxylic acids is 7. The van der Waals surface area contributed by atoms with Crippen LogP contribution in [-0.2, 0) is 129 Å². The van der Waals surface area contributed by atoms with E-state index in [-0.39, 0.29) is 62.7 Å². The highest BCUT2D eigenvalue weighted by Crippen LogP contribution is 2.48. The molecule has 27 nitrogen and oxygen atoms in total. The molecule has 0 spiro atoms. The summed E-state index contributed by atoms with van der Waals surface area (Å²) in [5, 5.41) is 0. The minimum absolute atomic E-state index is 0.0135. The van der Waals surface area contributed by atoms with Crippen molar-refractivity contribution in [2.24, 2.45) is 10.8 Å². The molecular weight excluding hydrogens is 1690 g/mol. The van der Waals surface area contributed by atoms with Crippen molar-refractivity contribution < 1.29 is 128 Å². The third kappa shape index (κ3) is 24.3. The summed E-state index contributed by atoms with van der Waals surface area (Å²) >= 11 is 0. The van der Waals surface area contributed by atoms with E-state index in [1.165, 1.54) is 7.11 Å². The number of rotatable bonds is 41. The summed E-state index contributed by atoms with van der Waals surface area (Å²) in [6.45, 7) is 7.81. The van der Waals surface area contributed by atoms with Crippen molar-refractivity contribution in [3.63, 3.8) is 0 Å². The average Bonchev–Trinajstić information content (AvgIpc) is 1.63. The zero-order valence-electron chi connectivity index (χ0n) is 75.1. The summed E-state index contributed by atoms with van der Waals surface area (Å²) in [4.78, 5) is 99.7. The van der Waals surface area contributed by atoms with Crippen molar-refractivity contribution in [2.75, 3.05) is 53.4 Å². The Bertz CT molecular complexity index is 5190. The molecule has 0 aromatic heterocycles. The molecule has 696 valence electrons. The second-order valence-corrected chi connectivity index (χ2v) is 35.5. The lowest BCUT2D eigenvalue weighted by Gasteiger charge is -2.30. The first-order chi connectivity index (χ1) is 64.1. The van der Waals surface area contributed by atoms with Crippen molar-refractivity contribution in [1.82, 2.24) is 0 Å². The van der Waals surface area contributed by atoms with Gasteiger partial charge in [0.1, 0.15) is 75.3 Å². The highest BCUT2D eigenvalue weighted by molar-refractivity contribution is 5.90. The SMILES string of the molecule is COC(=O)CCCCCCCCO[C@H]1O[C@H](CO[C@H]2O[C@H](CO[C@H]3O[C@H](COC(=O)C(C)(C)C)[C@@H](OCc4ccccc4)[C@@H]3OC(=O)OCC3c4ccccc4-c4ccccc43)[C@@H](O[C@H]3O[C@H](COC(=O)C(C)(C)C)[C@@H](OCc4ccccc4)[C@@H]3OC(=O)OCC3c4ccccc4-c4ccccc43)[C@@H]2OC(=O)c2ccccc2)[C@@H](OCc2ccccc2)[C@@H]1OC(=O)c1ccccc1. The van der Waals surface area contributed by atoms with Crippen molar-refractivity contribution in [3.05, 3.63) is 299 Å². The molecule has 2 aliphatic carbocycles. The number of unbranched alkanes of at least 4 members (excludes halogenated alkanes) is 5. The minimum atomic E-state index is -1.79. The first kappa shape index (κ1) is 95.1. The molecule has 0 amide bonds. The predicted molar refractivity (Wildman–Crippen MR) is 479 cm³/mol. The van der Waals surface area contributed by atoms with Gasteiger partial charge in [-0.2, -0.15) is 0 Å². The summed E-state index contributed by atoms with van der Waals surface area (Å²) in [5.74, 6) is -3.85. The van der Waals surface area contributed by atoms with Crippen LogP contribution in [-0.4, -0.2) is 194 Å². The van der Waals surface area contributed by atoms with Gasteiger partial charge in [0.25, 0.3) is 0 Å². The van der Waals surface area contributed by atoms with Gasteiger partial charge in [-0.3, -0.25) is 14.4 Å². The van der Waals surface area contributed by atoms with Crippen LogP contribution in [0.1, 0.15) is 158 Å². The average molecular weight is 1810 g/mol. The Labute approximate surface area is 768 Å². The molecule has 0 radical (unpaired) electrons. The lowest BCUT2D eigenvalue weighted by molar-refractivity contribution is -0.231. The van der Waals surface area contributed by atoms with E-state index in [0.29, 0.717) is 24.8 Å². The Hall–Kier alpha value is -11.6. The van der Waals surface area contributed by atoms with Crippen molar-refractivity contribution in [1.29, 1.82) is 0 Å². The van der Waals surface area contributed by atoms with E-state index in [1.54, 1.807) is 102 Å². The van der Waals surface area contributed by atoms with Crippen molar-refractivity contribution in [3.8, 4) is 22.3 Å². The normalized spacial score (nSPS) is 23.6. The molecule has 9 aromatic rings. The van der Waals surface area contributed by atoms with Crippen LogP contribution in [0.2, 0.25) is 0 Å². The Morgan fingerprint density at radius 2 is 0.606 bits per heavy atom. The fourth-order valence-corrected chi connectivity index (χ4v) is 17.1. The second-order valence-electron chi connectivity index (χ2n) is 35.5. The lowest BCUT2D eigenvalue weighted by Crippen LogP contribution is -2.48. The Morgan fingerprint density at radius 3 is 0.992 bits per heavy atom. The van der Waals surface area contributed by atoms with Crippen LogP contribution in [0.4, 0.5) is 9.59 Å². The van der Waals surface area contributed by atoms with E-state index < -0.39 is 178 Å². The van der Waals surface area contributed by atoms with E-state index >= 15 is 9.59 Å². The maximum atomic E-state index is 15.3. The summed E-state index contributed by atoms with van der Waals surface area (Å²) in [5.41, 5.74) is 8.17. The van der Waals surface area contributed by atoms with E-state index in [9.17, 15) is 24.0 Å². The van der Waals surface area contributed by atoms with Crippen LogP contribution in [0.3, 0.4) is 0 Å². The molecule has 27 heteroatoms. The molecule has 4 aliphatic heterocycles. The van der Waals surface area contributed by atoms with Gasteiger partial charge >= 0.3 is 42.2 Å². The fourth-order valence-electron chi connectivity index (χ4n) is 17.1. The molecule has 0 bridgehead atoms. The maximum Gasteiger partial charge on any atom is 0.508 e. The third-order valence-corrected chi connectivity index (χ3v) is 24.0. The summed E-state index contributed by atoms with van der Waals surface area (Å²) in [7, 11) is 1.37. The zero-order chi connectivity index (χ0) is 92.1. The molecule has 4 saturated heterocycles. The lowest BCUT2D eigenvalue weighted by atomic mass is 9.97. The van der Waals surface area contributed by atoms with Gasteiger partial charge in [0.05, 0.1) is 62.1 Å². The van der Waals surface area contributed by atoms with Gasteiger partial charge in [-0.25, -0.2) is 19.2 Å². The van der Waals surface area contributed by atoms with Gasteiger partial charge in [-0.05, 0) is 140 Å². The first-order valence-electron chi connectivity index (χ1n) is 45.2. The zero-order valence-corrected chi connectivity index (χ0v) is 75.1. The number of benzene rings is 9. The molecule has 4 fully saturated rings. The van der Waals surface area contributed by atoms with E-state index in [4.69, 9.17) is 94.7 Å². The standard InChI is InChI=1S/C105H114O27/c1-104(2,3)100(109)120-64-82-87(116-58-67-39-19-13-20-40-67)91(131-102(111)122-60-79-75-51-32-28-47-71(75)72-48-29-33-52-76(72)79)97(125-82)119-63-84-89(130-99-92(88(117-59-68-41-21-14-22-42-68)83(127-99)65-121-101(110)105(4,5)6)132-103(112)123-61-80-77-53-34-30-49-73(77)74-50-31-35-54-78(74)80)93(129-95(108)70-45-25-16-26-46-70)98(126-84)118-62-81-86(115-57-66-37-17-12-18-38-66)90(128-94(107)69-43-23-15-24-44-69)96(124-81)114-56-36-11-9-8-10-27-55-85(106)113-7/h12-26,28-35,37-54,79-84,86-93,96-99H,8-11,27,36,55-65H2,1-7H3/t81-,82-,83-,84-,86-,87-,88-,89-,90+,91+,92+,93+,96+,97+,98+,99-/m1/s1. The Morgan fingerprint density at radius 1 is 0.295 bits per heavy atom. The maximum absolute atomic E-state index is 15.3. The van der Waals surface area contributed by atoms with Gasteiger partial charge in [0.2, 0.25) is 0 Å². The number of hydrogen-bond donors (Lipinski definition) is 0. The van der Waals surface area contributed by atoms with Crippen LogP contribution in [0.15, 0.2) is 249 Å². The number of hydrogen-bond acceptors (Lipinski definition) is 27. The largest absolute Gasteiger partial charge is 0.508 e. The number of methoxy groups -OCH3 is 1. The highest BCUT2D eigenvalue weighted by Gasteiger charge is 2.59. The molecule has 4 heterocycles. The summed E-state index contributed by atoms with van der Waals surface area (Å²) in [6.07, 6.45) is -20.7. The van der Waals surface area contributed by atoms with E-state index in [0.717, 1.165) is 81.3 Å². The van der Waals surface area contributed by atoms with Gasteiger partial charge < -0.3 is 94.7 Å². The van der Waals surface area contributed by atoms with Gasteiger partial charge in [-0.1, -0.05) is 250 Å². The third-order valence-electron chi connectivity index (χ3n) is 24.0. The molecule has 15 rings (SSSR count). The Kier molecular flexibility index (Phi) is 32.6. The van der Waals surface area contributed by atoms with Crippen molar-refractivity contribution >= 4 is 42.2 Å². The van der Waals surface area contributed by atoms with Crippen LogP contribution >= 0.6 is 0 Å². The molecule has 132 heavy (non-hydrogen) atoms. The predicted octanol–water partition coefficient (Wildman–Crippen LogP) is 17.3. The molecule has 9 aromatic carbocycles. The van der Waals surface area contributed by atoms with Gasteiger partial charge in [0, 0.05) is 24.9 Å². The number of esters is 5. The minimum Gasteiger partial charge on any atom is -0.469 e. The molecule has 0 N–H and O–H groups in total. The van der Waals surface area contributed by atoms with E-state index in [1.807, 2.05) is 188 Å². The van der Waals surface area contributed by atoms with Gasteiger partial charge in [-0.15, -0.1) is 0 Å². The fraction of sp³-hybridized carbons (Fsp3) is 0.419. The van der Waals surface area contributed by atoms with Crippen LogP contribution in [0, 0.1) is 10.8 Å².